The summed E-state index contributed by atoms with van der Waals surface area (Å²) in [7, 11) is 1.55. The van der Waals surface area contributed by atoms with Gasteiger partial charge in [-0.15, -0.1) is 0 Å². The highest BCUT2D eigenvalue weighted by Gasteiger charge is 2.19. The molecule has 19 heavy (non-hydrogen) atoms. The number of nitrogens with zero attached hydrogens (tertiary/aromatic N) is 1. The topological polar surface area (TPSA) is 66.8 Å². The maximum Gasteiger partial charge on any atom is 0.305 e. The van der Waals surface area contributed by atoms with Gasteiger partial charge in [-0.1, -0.05) is 11.6 Å². The predicted octanol–water partition coefficient (Wildman–Crippen LogP) is 2.04. The third-order valence-corrected chi connectivity index (χ3v) is 2.76. The number of carbonyl (C=O) groups excluding carboxylic acids is 1. The summed E-state index contributed by atoms with van der Waals surface area (Å²) in [4.78, 5) is 23.7. The first-order valence-electron chi connectivity index (χ1n) is 5.79. The van der Waals surface area contributed by atoms with Crippen LogP contribution in [0.5, 0.6) is 5.75 Å². The molecule has 0 heterocycles. The van der Waals surface area contributed by atoms with E-state index >= 15 is 0 Å². The zero-order chi connectivity index (χ0) is 14.4. The normalized spacial score (nSPS) is 11.7. The van der Waals surface area contributed by atoms with Crippen molar-refractivity contribution < 1.29 is 19.4 Å². The molecule has 5 nitrogen and oxygen atoms in total. The van der Waals surface area contributed by atoms with Crippen LogP contribution < -0.4 is 4.74 Å². The van der Waals surface area contributed by atoms with Crippen LogP contribution in [0, 0.1) is 0 Å². The fourth-order valence-electron chi connectivity index (χ4n) is 1.45. The number of ether oxygens (including phenoxy) is 1. The Morgan fingerprint density at radius 3 is 2.47 bits per heavy atom. The number of likely N-dealkylation sites (N-methyl/N-ethyl adjacent to an activating group) is 1. The zero-order valence-electron chi connectivity index (χ0n) is 10.8. The van der Waals surface area contributed by atoms with Gasteiger partial charge in [0.15, 0.2) is 6.10 Å². The van der Waals surface area contributed by atoms with Crippen molar-refractivity contribution in [3.63, 3.8) is 0 Å². The fourth-order valence-corrected chi connectivity index (χ4v) is 1.58. The van der Waals surface area contributed by atoms with E-state index in [1.165, 1.54) is 4.90 Å². The summed E-state index contributed by atoms with van der Waals surface area (Å²) in [5, 5.41) is 9.15. The number of rotatable bonds is 6. The monoisotopic (exact) mass is 285 g/mol. The fraction of sp³-hybridized carbons (Fsp3) is 0.385. The number of amides is 1. The third kappa shape index (κ3) is 5.18. The van der Waals surface area contributed by atoms with E-state index in [-0.39, 0.29) is 18.9 Å². The lowest BCUT2D eigenvalue weighted by Gasteiger charge is -2.21. The zero-order valence-corrected chi connectivity index (χ0v) is 11.6. The number of carboxylic acids is 1. The minimum absolute atomic E-state index is 0.0874. The minimum Gasteiger partial charge on any atom is -0.481 e. The Bertz CT molecular complexity index is 446. The standard InChI is InChI=1S/C13H16ClNO4/c1-9(13(18)15(2)8-7-12(16)17)19-11-5-3-10(14)4-6-11/h3-6,9H,7-8H2,1-2H3,(H,16,17). The molecule has 0 bridgehead atoms. The van der Waals surface area contributed by atoms with Crippen molar-refractivity contribution >= 4 is 23.5 Å². The molecule has 1 aromatic carbocycles. The number of carbonyl (C=O) groups is 2. The Balaban J connectivity index is 2.52. The number of carboxylic acid groups (broad SMARTS) is 1. The van der Waals surface area contributed by atoms with Crippen LogP contribution in [0.2, 0.25) is 5.02 Å². The van der Waals surface area contributed by atoms with Crippen molar-refractivity contribution in [1.82, 2.24) is 4.90 Å². The lowest BCUT2D eigenvalue weighted by atomic mass is 10.3. The molecule has 0 aromatic heterocycles. The van der Waals surface area contributed by atoms with E-state index in [0.29, 0.717) is 10.8 Å². The average Bonchev–Trinajstić information content (AvgIpc) is 2.37. The molecule has 0 aliphatic carbocycles. The van der Waals surface area contributed by atoms with Gasteiger partial charge in [0.05, 0.1) is 6.42 Å². The Kier molecular flexibility index (Phi) is 5.63. The number of benzene rings is 1. The van der Waals surface area contributed by atoms with Gasteiger partial charge < -0.3 is 14.7 Å². The second-order valence-corrected chi connectivity index (χ2v) is 4.55. The Morgan fingerprint density at radius 1 is 1.37 bits per heavy atom. The maximum atomic E-state index is 11.9. The first kappa shape index (κ1) is 15.3. The van der Waals surface area contributed by atoms with Crippen molar-refractivity contribution in [1.29, 1.82) is 0 Å². The van der Waals surface area contributed by atoms with Gasteiger partial charge >= 0.3 is 5.97 Å². The largest absolute Gasteiger partial charge is 0.481 e. The quantitative estimate of drug-likeness (QED) is 0.868. The smallest absolute Gasteiger partial charge is 0.305 e. The van der Waals surface area contributed by atoms with E-state index in [1.807, 2.05) is 0 Å². The second kappa shape index (κ2) is 6.99. The molecule has 6 heteroatoms. The van der Waals surface area contributed by atoms with Crippen LogP contribution in [0.25, 0.3) is 0 Å². The molecule has 1 rings (SSSR count). The Morgan fingerprint density at radius 2 is 1.95 bits per heavy atom. The van der Waals surface area contributed by atoms with Gasteiger partial charge in [0.25, 0.3) is 5.91 Å². The number of aliphatic carboxylic acids is 1. The number of hydrogen-bond acceptors (Lipinski definition) is 3. The van der Waals surface area contributed by atoms with E-state index in [1.54, 1.807) is 38.2 Å². The van der Waals surface area contributed by atoms with Crippen LogP contribution in [-0.4, -0.2) is 41.6 Å². The molecule has 1 atom stereocenters. The van der Waals surface area contributed by atoms with E-state index in [2.05, 4.69) is 0 Å². The molecule has 0 aliphatic rings. The van der Waals surface area contributed by atoms with Crippen LogP contribution in [0.1, 0.15) is 13.3 Å². The van der Waals surface area contributed by atoms with Crippen molar-refractivity contribution in [3.8, 4) is 5.75 Å². The summed E-state index contributed by atoms with van der Waals surface area (Å²) in [5.41, 5.74) is 0. The van der Waals surface area contributed by atoms with Crippen LogP contribution in [0.15, 0.2) is 24.3 Å². The highest BCUT2D eigenvalue weighted by molar-refractivity contribution is 6.30. The molecule has 0 saturated heterocycles. The van der Waals surface area contributed by atoms with Crippen molar-refractivity contribution in [2.24, 2.45) is 0 Å². The molecule has 0 fully saturated rings. The summed E-state index contributed by atoms with van der Waals surface area (Å²) >= 11 is 5.75. The van der Waals surface area contributed by atoms with E-state index in [0.717, 1.165) is 0 Å². The van der Waals surface area contributed by atoms with Crippen LogP contribution in [0.3, 0.4) is 0 Å². The highest BCUT2D eigenvalue weighted by atomic mass is 35.5. The van der Waals surface area contributed by atoms with E-state index in [4.69, 9.17) is 21.4 Å². The molecule has 1 unspecified atom stereocenters. The van der Waals surface area contributed by atoms with Gasteiger partial charge in [0, 0.05) is 18.6 Å². The molecular weight excluding hydrogens is 270 g/mol. The molecular formula is C13H16ClNO4. The Labute approximate surface area is 116 Å². The van der Waals surface area contributed by atoms with E-state index in [9.17, 15) is 9.59 Å². The highest BCUT2D eigenvalue weighted by Crippen LogP contribution is 2.17. The second-order valence-electron chi connectivity index (χ2n) is 4.12. The van der Waals surface area contributed by atoms with Gasteiger partial charge in [0.2, 0.25) is 0 Å². The van der Waals surface area contributed by atoms with Crippen molar-refractivity contribution in [3.05, 3.63) is 29.3 Å². The Hall–Kier alpha value is -1.75. The molecule has 0 saturated carbocycles. The maximum absolute atomic E-state index is 11.9. The van der Waals surface area contributed by atoms with Crippen molar-refractivity contribution in [2.75, 3.05) is 13.6 Å². The molecule has 104 valence electrons. The molecule has 1 amide bonds. The first-order valence-corrected chi connectivity index (χ1v) is 6.17. The summed E-state index contributed by atoms with van der Waals surface area (Å²) < 4.78 is 5.46. The first-order chi connectivity index (χ1) is 8.90. The molecule has 0 spiro atoms. The van der Waals surface area contributed by atoms with Gasteiger partial charge in [-0.05, 0) is 31.2 Å². The molecule has 0 radical (unpaired) electrons. The average molecular weight is 286 g/mol. The predicted molar refractivity (Wildman–Crippen MR) is 71.4 cm³/mol. The summed E-state index contributed by atoms with van der Waals surface area (Å²) in [6, 6.07) is 6.68. The molecule has 0 aliphatic heterocycles. The summed E-state index contributed by atoms with van der Waals surface area (Å²) in [6.07, 6.45) is -0.768. The van der Waals surface area contributed by atoms with Crippen LogP contribution in [0.4, 0.5) is 0 Å². The van der Waals surface area contributed by atoms with Crippen LogP contribution in [-0.2, 0) is 9.59 Å². The van der Waals surface area contributed by atoms with Gasteiger partial charge in [0.1, 0.15) is 5.75 Å². The van der Waals surface area contributed by atoms with E-state index < -0.39 is 12.1 Å². The lowest BCUT2D eigenvalue weighted by molar-refractivity contribution is -0.140. The molecule has 1 aromatic rings. The van der Waals surface area contributed by atoms with Crippen molar-refractivity contribution in [2.45, 2.75) is 19.4 Å². The van der Waals surface area contributed by atoms with Gasteiger partial charge in [-0.25, -0.2) is 0 Å². The lowest BCUT2D eigenvalue weighted by Crippen LogP contribution is -2.38. The number of halogens is 1. The number of hydrogen-bond donors (Lipinski definition) is 1. The molecule has 1 N–H and O–H groups in total. The summed E-state index contributed by atoms with van der Waals surface area (Å²) in [6.45, 7) is 1.77. The van der Waals surface area contributed by atoms with Gasteiger partial charge in [-0.3, -0.25) is 9.59 Å². The third-order valence-electron chi connectivity index (χ3n) is 2.51. The summed E-state index contributed by atoms with van der Waals surface area (Å²) in [5.74, 6) is -0.668. The van der Waals surface area contributed by atoms with Gasteiger partial charge in [-0.2, -0.15) is 0 Å². The minimum atomic E-state index is -0.939. The van der Waals surface area contributed by atoms with Crippen LogP contribution >= 0.6 is 11.6 Å². The SMILES string of the molecule is CC(Oc1ccc(Cl)cc1)C(=O)N(C)CCC(=O)O.